The molecule has 0 saturated heterocycles. The van der Waals surface area contributed by atoms with Gasteiger partial charge >= 0.3 is 5.97 Å². The van der Waals surface area contributed by atoms with Gasteiger partial charge in [0.15, 0.2) is 24.7 Å². The van der Waals surface area contributed by atoms with Crippen LogP contribution in [0.4, 0.5) is 10.1 Å². The molecular weight excluding hydrogens is 341 g/mol. The van der Waals surface area contributed by atoms with E-state index in [2.05, 4.69) is 5.32 Å². The molecule has 0 radical (unpaired) electrons. The van der Waals surface area contributed by atoms with Crippen LogP contribution in [-0.2, 0) is 14.3 Å². The first kappa shape index (κ1) is 19.2. The van der Waals surface area contributed by atoms with Gasteiger partial charge in [-0.3, -0.25) is 4.79 Å². The van der Waals surface area contributed by atoms with Crippen LogP contribution >= 0.6 is 0 Å². The zero-order chi connectivity index (χ0) is 18.8. The van der Waals surface area contributed by atoms with Gasteiger partial charge in [0.2, 0.25) is 0 Å². The molecule has 1 N–H and O–H groups in total. The van der Waals surface area contributed by atoms with E-state index in [-0.39, 0.29) is 6.61 Å². The SMILES string of the molecule is CCCOc1ccccc1OCC(=O)OCC(=O)Nc1ccc(F)cc1. The zero-order valence-electron chi connectivity index (χ0n) is 14.4. The molecule has 2 aromatic rings. The van der Waals surface area contributed by atoms with Crippen molar-refractivity contribution in [3.8, 4) is 11.5 Å². The summed E-state index contributed by atoms with van der Waals surface area (Å²) in [5.41, 5.74) is 0.408. The summed E-state index contributed by atoms with van der Waals surface area (Å²) in [6.07, 6.45) is 0.847. The van der Waals surface area contributed by atoms with Crippen LogP contribution in [0.15, 0.2) is 48.5 Å². The topological polar surface area (TPSA) is 73.9 Å². The molecule has 0 bridgehead atoms. The smallest absolute Gasteiger partial charge is 0.344 e. The van der Waals surface area contributed by atoms with E-state index in [9.17, 15) is 14.0 Å². The number of esters is 1. The third-order valence-electron chi connectivity index (χ3n) is 3.15. The van der Waals surface area contributed by atoms with Gasteiger partial charge < -0.3 is 19.5 Å². The summed E-state index contributed by atoms with van der Waals surface area (Å²) in [5.74, 6) is -0.666. The first-order valence-corrected chi connectivity index (χ1v) is 8.14. The van der Waals surface area contributed by atoms with Crippen LogP contribution < -0.4 is 14.8 Å². The second-order valence-electron chi connectivity index (χ2n) is 5.30. The van der Waals surface area contributed by atoms with E-state index in [1.165, 1.54) is 24.3 Å². The number of para-hydroxylation sites is 2. The van der Waals surface area contributed by atoms with Crippen molar-refractivity contribution in [1.82, 2.24) is 0 Å². The highest BCUT2D eigenvalue weighted by Crippen LogP contribution is 2.26. The molecule has 0 heterocycles. The third-order valence-corrected chi connectivity index (χ3v) is 3.15. The number of carbonyl (C=O) groups is 2. The van der Waals surface area contributed by atoms with E-state index >= 15 is 0 Å². The molecule has 6 nitrogen and oxygen atoms in total. The monoisotopic (exact) mass is 361 g/mol. The maximum absolute atomic E-state index is 12.8. The number of nitrogens with one attached hydrogen (secondary N) is 1. The maximum Gasteiger partial charge on any atom is 0.344 e. The minimum atomic E-state index is -0.690. The van der Waals surface area contributed by atoms with Crippen molar-refractivity contribution in [3.05, 3.63) is 54.3 Å². The fourth-order valence-electron chi connectivity index (χ4n) is 1.96. The lowest BCUT2D eigenvalue weighted by Crippen LogP contribution is -2.23. The summed E-state index contributed by atoms with van der Waals surface area (Å²) in [7, 11) is 0. The van der Waals surface area contributed by atoms with Crippen molar-refractivity contribution < 1.29 is 28.2 Å². The Labute approximate surface area is 150 Å². The van der Waals surface area contributed by atoms with E-state index in [1.54, 1.807) is 24.3 Å². The molecule has 2 aromatic carbocycles. The molecular formula is C19H20FNO5. The van der Waals surface area contributed by atoms with Crippen LogP contribution in [0.3, 0.4) is 0 Å². The Hall–Kier alpha value is -3.09. The predicted molar refractivity (Wildman–Crippen MR) is 93.7 cm³/mol. The normalized spacial score (nSPS) is 10.1. The van der Waals surface area contributed by atoms with Crippen molar-refractivity contribution in [2.75, 3.05) is 25.1 Å². The lowest BCUT2D eigenvalue weighted by molar-refractivity contribution is -0.149. The van der Waals surface area contributed by atoms with Crippen LogP contribution in [0.1, 0.15) is 13.3 Å². The molecule has 0 unspecified atom stereocenters. The number of ether oxygens (including phenoxy) is 3. The Bertz CT molecular complexity index is 733. The number of rotatable bonds is 9. The van der Waals surface area contributed by atoms with E-state index < -0.39 is 24.3 Å². The van der Waals surface area contributed by atoms with Crippen molar-refractivity contribution in [2.24, 2.45) is 0 Å². The van der Waals surface area contributed by atoms with Gasteiger partial charge in [-0.1, -0.05) is 19.1 Å². The molecule has 0 saturated carbocycles. The number of hydrogen-bond donors (Lipinski definition) is 1. The second kappa shape index (κ2) is 10.0. The summed E-state index contributed by atoms with van der Waals surface area (Å²) < 4.78 is 28.6. The Morgan fingerprint density at radius 1 is 0.962 bits per heavy atom. The van der Waals surface area contributed by atoms with Crippen molar-refractivity contribution in [3.63, 3.8) is 0 Å². The van der Waals surface area contributed by atoms with Gasteiger partial charge in [0, 0.05) is 5.69 Å². The standard InChI is InChI=1S/C19H20FNO5/c1-2-11-24-16-5-3-4-6-17(16)25-13-19(23)26-12-18(22)21-15-9-7-14(20)8-10-15/h3-10H,2,11-13H2,1H3,(H,21,22). The largest absolute Gasteiger partial charge is 0.490 e. The highest BCUT2D eigenvalue weighted by atomic mass is 19.1. The van der Waals surface area contributed by atoms with Gasteiger partial charge in [0.1, 0.15) is 5.82 Å². The van der Waals surface area contributed by atoms with Crippen molar-refractivity contribution >= 4 is 17.6 Å². The zero-order valence-corrected chi connectivity index (χ0v) is 14.4. The lowest BCUT2D eigenvalue weighted by atomic mass is 10.3. The van der Waals surface area contributed by atoms with E-state index in [0.29, 0.717) is 23.8 Å². The molecule has 0 spiro atoms. The Morgan fingerprint density at radius 2 is 1.62 bits per heavy atom. The predicted octanol–water partition coefficient (Wildman–Crippen LogP) is 3.18. The average molecular weight is 361 g/mol. The van der Waals surface area contributed by atoms with E-state index in [0.717, 1.165) is 6.42 Å². The molecule has 2 rings (SSSR count). The average Bonchev–Trinajstić information content (AvgIpc) is 2.65. The van der Waals surface area contributed by atoms with Crippen LogP contribution in [-0.4, -0.2) is 31.7 Å². The first-order chi connectivity index (χ1) is 12.6. The highest BCUT2D eigenvalue weighted by Gasteiger charge is 2.11. The summed E-state index contributed by atoms with van der Waals surface area (Å²) in [6.45, 7) is 1.70. The molecule has 138 valence electrons. The van der Waals surface area contributed by atoms with Gasteiger partial charge in [-0.05, 0) is 42.8 Å². The number of hydrogen-bond acceptors (Lipinski definition) is 5. The van der Waals surface area contributed by atoms with E-state index in [4.69, 9.17) is 14.2 Å². The molecule has 0 atom stereocenters. The van der Waals surface area contributed by atoms with Crippen molar-refractivity contribution in [2.45, 2.75) is 13.3 Å². The molecule has 0 aliphatic heterocycles. The summed E-state index contributed by atoms with van der Waals surface area (Å²) in [4.78, 5) is 23.4. The fourth-order valence-corrected chi connectivity index (χ4v) is 1.96. The van der Waals surface area contributed by atoms with Crippen molar-refractivity contribution in [1.29, 1.82) is 0 Å². The second-order valence-corrected chi connectivity index (χ2v) is 5.30. The molecule has 0 aliphatic rings. The van der Waals surface area contributed by atoms with Gasteiger partial charge in [0.25, 0.3) is 5.91 Å². The number of anilines is 1. The van der Waals surface area contributed by atoms with Crippen LogP contribution in [0.25, 0.3) is 0 Å². The molecule has 0 aliphatic carbocycles. The van der Waals surface area contributed by atoms with Gasteiger partial charge in [0.05, 0.1) is 6.61 Å². The highest BCUT2D eigenvalue weighted by molar-refractivity contribution is 5.92. The minimum Gasteiger partial charge on any atom is -0.490 e. The van der Waals surface area contributed by atoms with Gasteiger partial charge in [-0.25, -0.2) is 9.18 Å². The Morgan fingerprint density at radius 3 is 2.27 bits per heavy atom. The Kier molecular flexibility index (Phi) is 7.42. The fraction of sp³-hybridized carbons (Fsp3) is 0.263. The summed E-state index contributed by atoms with van der Waals surface area (Å²) >= 11 is 0. The molecule has 0 fully saturated rings. The maximum atomic E-state index is 12.8. The lowest BCUT2D eigenvalue weighted by Gasteiger charge is -2.12. The van der Waals surface area contributed by atoms with Crippen LogP contribution in [0.2, 0.25) is 0 Å². The first-order valence-electron chi connectivity index (χ1n) is 8.14. The molecule has 0 aromatic heterocycles. The Balaban J connectivity index is 1.75. The van der Waals surface area contributed by atoms with Crippen LogP contribution in [0.5, 0.6) is 11.5 Å². The number of benzene rings is 2. The van der Waals surface area contributed by atoms with Gasteiger partial charge in [-0.2, -0.15) is 0 Å². The minimum absolute atomic E-state index is 0.351. The van der Waals surface area contributed by atoms with Gasteiger partial charge in [-0.15, -0.1) is 0 Å². The molecule has 26 heavy (non-hydrogen) atoms. The summed E-state index contributed by atoms with van der Waals surface area (Å²) in [6, 6.07) is 12.2. The third kappa shape index (κ3) is 6.43. The molecule has 7 heteroatoms. The number of carbonyl (C=O) groups excluding carboxylic acids is 2. The van der Waals surface area contributed by atoms with Crippen LogP contribution in [0, 0.1) is 5.82 Å². The number of amides is 1. The molecule has 1 amide bonds. The van der Waals surface area contributed by atoms with E-state index in [1.807, 2.05) is 6.92 Å². The number of halogens is 1. The summed E-state index contributed by atoms with van der Waals surface area (Å²) in [5, 5.41) is 2.49. The quantitative estimate of drug-likeness (QED) is 0.695.